The highest BCUT2D eigenvalue weighted by Crippen LogP contribution is 2.48. The number of carbonyl (C=O) groups excluding carboxylic acids is 2. The van der Waals surface area contributed by atoms with E-state index >= 15 is 0 Å². The summed E-state index contributed by atoms with van der Waals surface area (Å²) in [6.45, 7) is 0. The third-order valence-electron chi connectivity index (χ3n) is 3.30. The molecule has 0 saturated heterocycles. The summed E-state index contributed by atoms with van der Waals surface area (Å²) in [6, 6.07) is 8.24. The van der Waals surface area contributed by atoms with Gasteiger partial charge in [-0.3, -0.25) is 10.1 Å². The lowest BCUT2D eigenvalue weighted by Gasteiger charge is -2.21. The molecule has 28 heavy (non-hydrogen) atoms. The van der Waals surface area contributed by atoms with E-state index < -0.39 is 19.5 Å². The number of carbonyl (C=O) groups is 2. The number of amides is 3. The number of benzene rings is 2. The minimum absolute atomic E-state index is 0.0181. The van der Waals surface area contributed by atoms with E-state index in [9.17, 15) is 9.59 Å². The van der Waals surface area contributed by atoms with Crippen LogP contribution in [0.25, 0.3) is 0 Å². The first-order valence-corrected chi connectivity index (χ1v) is 10.6. The molecule has 0 heterocycles. The van der Waals surface area contributed by atoms with Gasteiger partial charge in [0.1, 0.15) is 0 Å². The molecule has 0 aliphatic carbocycles. The van der Waals surface area contributed by atoms with Crippen LogP contribution in [0, 0.1) is 0 Å². The van der Waals surface area contributed by atoms with Crippen LogP contribution in [0.2, 0.25) is 5.02 Å². The van der Waals surface area contributed by atoms with Crippen LogP contribution in [-0.4, -0.2) is 11.9 Å². The number of anilines is 1. The molecule has 0 bridgehead atoms. The number of hydrogen-bond acceptors (Lipinski definition) is 2. The third-order valence-corrected chi connectivity index (χ3v) is 5.66. The van der Waals surface area contributed by atoms with Crippen molar-refractivity contribution >= 4 is 115 Å². The Morgan fingerprint density at radius 1 is 0.929 bits per heavy atom. The Bertz CT molecular complexity index is 926. The van der Waals surface area contributed by atoms with E-state index in [4.69, 9.17) is 81.2 Å². The number of nitrogens with one attached hydrogen (secondary N) is 2. The van der Waals surface area contributed by atoms with E-state index in [1.807, 2.05) is 0 Å². The molecule has 2 rings (SSSR count). The van der Waals surface area contributed by atoms with E-state index in [0.29, 0.717) is 4.47 Å². The fourth-order valence-corrected chi connectivity index (χ4v) is 3.74. The molecule has 0 unspecified atom stereocenters. The van der Waals surface area contributed by atoms with Crippen LogP contribution in [0.1, 0.15) is 21.5 Å². The van der Waals surface area contributed by atoms with Gasteiger partial charge in [0.25, 0.3) is 5.91 Å². The molecule has 12 heteroatoms. The van der Waals surface area contributed by atoms with E-state index in [1.54, 1.807) is 18.2 Å². The molecule has 2 aromatic rings. The van der Waals surface area contributed by atoms with E-state index in [0.717, 1.165) is 0 Å². The van der Waals surface area contributed by atoms with Gasteiger partial charge < -0.3 is 5.32 Å². The van der Waals surface area contributed by atoms with Crippen molar-refractivity contribution in [1.82, 2.24) is 5.32 Å². The Labute approximate surface area is 203 Å². The number of urea groups is 1. The fraction of sp³-hybridized carbons (Fsp3) is 0.125. The molecule has 0 spiro atoms. The maximum Gasteiger partial charge on any atom is 0.326 e. The van der Waals surface area contributed by atoms with Gasteiger partial charge in [0, 0.05) is 15.6 Å². The number of rotatable bonds is 2. The van der Waals surface area contributed by atoms with E-state index in [2.05, 4.69) is 26.6 Å². The van der Waals surface area contributed by atoms with Gasteiger partial charge in [-0.05, 0) is 40.2 Å². The zero-order chi connectivity index (χ0) is 21.3. The number of alkyl halides is 6. The molecular formula is C16H8BrCl7N2O2. The molecule has 0 aromatic heterocycles. The lowest BCUT2D eigenvalue weighted by molar-refractivity contribution is 0.0966. The maximum atomic E-state index is 12.3. The topological polar surface area (TPSA) is 58.2 Å². The summed E-state index contributed by atoms with van der Waals surface area (Å²) in [7, 11) is 0. The van der Waals surface area contributed by atoms with Gasteiger partial charge in [0.2, 0.25) is 7.59 Å². The quantitative estimate of drug-likeness (QED) is 0.353. The lowest BCUT2D eigenvalue weighted by atomic mass is 10.1. The normalized spacial score (nSPS) is 11.9. The Kier molecular flexibility index (Phi) is 8.07. The summed E-state index contributed by atoms with van der Waals surface area (Å²) in [6.07, 6.45) is 0. The van der Waals surface area contributed by atoms with Gasteiger partial charge in [-0.25, -0.2) is 4.79 Å². The van der Waals surface area contributed by atoms with Gasteiger partial charge in [0.05, 0.1) is 16.3 Å². The second-order valence-electron chi connectivity index (χ2n) is 5.27. The van der Waals surface area contributed by atoms with Gasteiger partial charge in [-0.2, -0.15) is 0 Å². The van der Waals surface area contributed by atoms with Crippen molar-refractivity contribution in [1.29, 1.82) is 0 Å². The van der Waals surface area contributed by atoms with Crippen molar-refractivity contribution < 1.29 is 9.59 Å². The van der Waals surface area contributed by atoms with Crippen molar-refractivity contribution in [2.24, 2.45) is 0 Å². The number of hydrogen-bond donors (Lipinski definition) is 2. The monoisotopic (exact) mass is 584 g/mol. The Balaban J connectivity index is 2.33. The predicted octanol–water partition coefficient (Wildman–Crippen LogP) is 7.72. The lowest BCUT2D eigenvalue weighted by Crippen LogP contribution is -2.34. The van der Waals surface area contributed by atoms with Crippen molar-refractivity contribution in [3.05, 3.63) is 62.6 Å². The fourth-order valence-electron chi connectivity index (χ4n) is 2.05. The zero-order valence-electron chi connectivity index (χ0n) is 13.3. The number of imide groups is 1. The van der Waals surface area contributed by atoms with Crippen LogP contribution in [0.15, 0.2) is 40.9 Å². The Morgan fingerprint density at radius 2 is 1.54 bits per heavy atom. The van der Waals surface area contributed by atoms with Crippen LogP contribution >= 0.6 is 97.1 Å². The molecule has 0 aliphatic heterocycles. The second kappa shape index (κ2) is 9.36. The zero-order valence-corrected chi connectivity index (χ0v) is 20.2. The van der Waals surface area contributed by atoms with Crippen LogP contribution in [0.3, 0.4) is 0 Å². The Hall–Kier alpha value is -0.110. The first kappa shape index (κ1) is 24.2. The summed E-state index contributed by atoms with van der Waals surface area (Å²) in [5.74, 6) is -0.653. The molecule has 0 radical (unpaired) electrons. The third kappa shape index (κ3) is 6.19. The van der Waals surface area contributed by atoms with Crippen molar-refractivity contribution in [3.8, 4) is 0 Å². The molecule has 0 saturated carbocycles. The van der Waals surface area contributed by atoms with Crippen molar-refractivity contribution in [2.75, 3.05) is 5.32 Å². The highest BCUT2D eigenvalue weighted by atomic mass is 79.9. The van der Waals surface area contributed by atoms with Gasteiger partial charge in [0.15, 0.2) is 0 Å². The summed E-state index contributed by atoms with van der Waals surface area (Å²) >= 11 is 44.8. The standard InChI is InChI=1S/C16H8BrCl7N2O2/c17-10-4-2-1-3-8(10)13(27)26-14(28)25-11-6-7(15(19,20)21)5-9(12(11)18)16(22,23)24/h1-6H,(H2,25,26,27,28). The molecule has 150 valence electrons. The molecule has 0 aliphatic rings. The minimum atomic E-state index is -1.96. The first-order chi connectivity index (χ1) is 12.8. The summed E-state index contributed by atoms with van der Waals surface area (Å²) < 4.78 is -3.33. The van der Waals surface area contributed by atoms with Gasteiger partial charge in [-0.1, -0.05) is 93.3 Å². The highest BCUT2D eigenvalue weighted by Gasteiger charge is 2.32. The molecule has 3 amide bonds. The van der Waals surface area contributed by atoms with Gasteiger partial charge >= 0.3 is 6.03 Å². The summed E-state index contributed by atoms with van der Waals surface area (Å²) in [5, 5.41) is 4.44. The molecule has 0 fully saturated rings. The predicted molar refractivity (Wildman–Crippen MR) is 121 cm³/mol. The SMILES string of the molecule is O=C(NC(=O)c1ccccc1Br)Nc1cc(C(Cl)(Cl)Cl)cc(C(Cl)(Cl)Cl)c1Cl. The molecule has 2 aromatic carbocycles. The van der Waals surface area contributed by atoms with Crippen molar-refractivity contribution in [3.63, 3.8) is 0 Å². The average Bonchev–Trinajstić information content (AvgIpc) is 2.54. The summed E-state index contributed by atoms with van der Waals surface area (Å²) in [5.41, 5.74) is 0.302. The van der Waals surface area contributed by atoms with Gasteiger partial charge in [-0.15, -0.1) is 0 Å². The smallest absolute Gasteiger partial charge is 0.306 e. The van der Waals surface area contributed by atoms with Crippen LogP contribution in [0.5, 0.6) is 0 Å². The minimum Gasteiger partial charge on any atom is -0.306 e. The van der Waals surface area contributed by atoms with Crippen molar-refractivity contribution in [2.45, 2.75) is 7.59 Å². The van der Waals surface area contributed by atoms with Crippen LogP contribution in [0.4, 0.5) is 10.5 Å². The molecule has 0 atom stereocenters. The largest absolute Gasteiger partial charge is 0.326 e. The summed E-state index contributed by atoms with van der Waals surface area (Å²) in [4.78, 5) is 24.5. The first-order valence-electron chi connectivity index (χ1n) is 7.15. The highest BCUT2D eigenvalue weighted by molar-refractivity contribution is 9.10. The number of halogens is 8. The Morgan fingerprint density at radius 3 is 2.07 bits per heavy atom. The van der Waals surface area contributed by atoms with Crippen LogP contribution < -0.4 is 10.6 Å². The molecular weight excluding hydrogens is 580 g/mol. The van der Waals surface area contributed by atoms with Crippen LogP contribution in [-0.2, 0) is 7.59 Å². The second-order valence-corrected chi connectivity index (χ2v) is 11.1. The average molecular weight is 588 g/mol. The maximum absolute atomic E-state index is 12.3. The molecule has 4 nitrogen and oxygen atoms in total. The van der Waals surface area contributed by atoms with E-state index in [-0.39, 0.29) is 27.4 Å². The molecule has 2 N–H and O–H groups in total. The van der Waals surface area contributed by atoms with E-state index in [1.165, 1.54) is 18.2 Å².